The predicted octanol–water partition coefficient (Wildman–Crippen LogP) is 5.36. The predicted molar refractivity (Wildman–Crippen MR) is 95.4 cm³/mol. The molecule has 0 saturated heterocycles. The van der Waals surface area contributed by atoms with Gasteiger partial charge >= 0.3 is 5.97 Å². The Morgan fingerprint density at radius 1 is 1.09 bits per heavy atom. The molecule has 3 heteroatoms. The normalized spacial score (nSPS) is 19.9. The summed E-state index contributed by atoms with van der Waals surface area (Å²) in [5.74, 6) is 0.771. The lowest BCUT2D eigenvalue weighted by atomic mass is 9.86. The second-order valence-electron chi connectivity index (χ2n) is 8.78. The van der Waals surface area contributed by atoms with E-state index in [0.29, 0.717) is 11.8 Å². The van der Waals surface area contributed by atoms with Crippen LogP contribution in [0.2, 0.25) is 0 Å². The highest BCUT2D eigenvalue weighted by atomic mass is 16.6. The molecule has 23 heavy (non-hydrogen) atoms. The van der Waals surface area contributed by atoms with Crippen LogP contribution < -0.4 is 0 Å². The van der Waals surface area contributed by atoms with Crippen molar-refractivity contribution in [2.75, 3.05) is 0 Å². The quantitative estimate of drug-likeness (QED) is 0.563. The Morgan fingerprint density at radius 3 is 2.04 bits per heavy atom. The van der Waals surface area contributed by atoms with Crippen molar-refractivity contribution in [3.8, 4) is 0 Å². The van der Waals surface area contributed by atoms with Crippen LogP contribution >= 0.6 is 0 Å². The molecule has 3 nitrogen and oxygen atoms in total. The zero-order valence-corrected chi connectivity index (χ0v) is 16.6. The Morgan fingerprint density at radius 2 is 1.61 bits per heavy atom. The second kappa shape index (κ2) is 8.00. The van der Waals surface area contributed by atoms with Crippen LogP contribution in [-0.2, 0) is 14.3 Å². The Labute approximate surface area is 143 Å². The molecule has 1 aliphatic carbocycles. The first-order valence-corrected chi connectivity index (χ1v) is 9.40. The van der Waals surface area contributed by atoms with E-state index in [4.69, 9.17) is 9.47 Å². The minimum atomic E-state index is -0.460. The van der Waals surface area contributed by atoms with Crippen molar-refractivity contribution in [3.05, 3.63) is 0 Å². The van der Waals surface area contributed by atoms with Crippen molar-refractivity contribution in [1.82, 2.24) is 0 Å². The molecule has 0 aromatic carbocycles. The molecule has 1 fully saturated rings. The molecule has 1 rings (SSSR count). The van der Waals surface area contributed by atoms with Gasteiger partial charge in [0.1, 0.15) is 11.7 Å². The van der Waals surface area contributed by atoms with Gasteiger partial charge < -0.3 is 9.47 Å². The van der Waals surface area contributed by atoms with Gasteiger partial charge in [0.15, 0.2) is 0 Å². The summed E-state index contributed by atoms with van der Waals surface area (Å²) in [5.41, 5.74) is -0.894. The number of esters is 1. The molecule has 0 amide bonds. The molecule has 136 valence electrons. The summed E-state index contributed by atoms with van der Waals surface area (Å²) < 4.78 is 12.4. The fourth-order valence-corrected chi connectivity index (χ4v) is 3.17. The number of rotatable bonds is 8. The zero-order valence-electron chi connectivity index (χ0n) is 16.6. The molecular weight excluding hydrogens is 288 g/mol. The van der Waals surface area contributed by atoms with E-state index in [1.54, 1.807) is 0 Å². The van der Waals surface area contributed by atoms with Crippen LogP contribution in [0.3, 0.4) is 0 Å². The van der Waals surface area contributed by atoms with E-state index in [1.807, 2.05) is 20.8 Å². The van der Waals surface area contributed by atoms with E-state index in [2.05, 4.69) is 34.6 Å². The Balaban J connectivity index is 2.93. The third-order valence-electron chi connectivity index (χ3n) is 5.61. The topological polar surface area (TPSA) is 35.5 Å². The highest BCUT2D eigenvalue weighted by Gasteiger charge is 2.43. The molecule has 0 aromatic rings. The first-order chi connectivity index (χ1) is 10.5. The summed E-state index contributed by atoms with van der Waals surface area (Å²) in [4.78, 5) is 12.7. The molecule has 0 aliphatic heterocycles. The van der Waals surface area contributed by atoms with Gasteiger partial charge in [0, 0.05) is 0 Å². The standard InChI is InChI=1S/C20H38O3/c1-9-19(5,6)18(21)22-17(16-12-10-11-13-16)20(7,8)23-15(4)14(2)3/h14-17H,9-13H2,1-8H3. The smallest absolute Gasteiger partial charge is 0.311 e. The van der Waals surface area contributed by atoms with Crippen LogP contribution in [0.5, 0.6) is 0 Å². The molecule has 1 aliphatic rings. The summed E-state index contributed by atoms with van der Waals surface area (Å²) in [6.07, 6.45) is 5.49. The first kappa shape index (κ1) is 20.5. The van der Waals surface area contributed by atoms with E-state index in [1.165, 1.54) is 12.8 Å². The van der Waals surface area contributed by atoms with Gasteiger partial charge in [0.05, 0.1) is 11.5 Å². The van der Waals surface area contributed by atoms with E-state index >= 15 is 0 Å². The zero-order chi connectivity index (χ0) is 17.8. The van der Waals surface area contributed by atoms with Crippen molar-refractivity contribution in [3.63, 3.8) is 0 Å². The summed E-state index contributed by atoms with van der Waals surface area (Å²) in [7, 11) is 0. The lowest BCUT2D eigenvalue weighted by molar-refractivity contribution is -0.196. The second-order valence-corrected chi connectivity index (χ2v) is 8.78. The Kier molecular flexibility index (Phi) is 7.12. The fraction of sp³-hybridized carbons (Fsp3) is 0.950. The highest BCUT2D eigenvalue weighted by molar-refractivity contribution is 5.76. The van der Waals surface area contributed by atoms with Gasteiger partial charge in [0.25, 0.3) is 0 Å². The van der Waals surface area contributed by atoms with Crippen molar-refractivity contribution in [2.45, 2.75) is 105 Å². The molecule has 0 bridgehead atoms. The molecule has 0 radical (unpaired) electrons. The van der Waals surface area contributed by atoms with E-state index in [9.17, 15) is 4.79 Å². The average Bonchev–Trinajstić information content (AvgIpc) is 2.97. The summed E-state index contributed by atoms with van der Waals surface area (Å²) in [6.45, 7) is 16.6. The number of hydrogen-bond acceptors (Lipinski definition) is 3. The lowest BCUT2D eigenvalue weighted by Gasteiger charge is -2.41. The van der Waals surface area contributed by atoms with Gasteiger partial charge in [0.2, 0.25) is 0 Å². The maximum atomic E-state index is 12.7. The van der Waals surface area contributed by atoms with Crippen LogP contribution in [0.4, 0.5) is 0 Å². The lowest BCUT2D eigenvalue weighted by Crippen LogP contribution is -2.49. The molecule has 1 saturated carbocycles. The summed E-state index contributed by atoms with van der Waals surface area (Å²) >= 11 is 0. The molecule has 0 heterocycles. The van der Waals surface area contributed by atoms with Crippen LogP contribution in [0.15, 0.2) is 0 Å². The van der Waals surface area contributed by atoms with Crippen LogP contribution in [-0.4, -0.2) is 23.8 Å². The van der Waals surface area contributed by atoms with Gasteiger partial charge in [-0.2, -0.15) is 0 Å². The van der Waals surface area contributed by atoms with Crippen LogP contribution in [0.1, 0.15) is 87.5 Å². The van der Waals surface area contributed by atoms with Gasteiger partial charge in [-0.15, -0.1) is 0 Å². The minimum Gasteiger partial charge on any atom is -0.459 e. The molecule has 2 unspecified atom stereocenters. The van der Waals surface area contributed by atoms with E-state index < -0.39 is 11.0 Å². The fourth-order valence-electron chi connectivity index (χ4n) is 3.17. The van der Waals surface area contributed by atoms with Crippen molar-refractivity contribution in [2.24, 2.45) is 17.3 Å². The maximum absolute atomic E-state index is 12.7. The van der Waals surface area contributed by atoms with Crippen LogP contribution in [0, 0.1) is 17.3 Å². The number of hydrogen-bond donors (Lipinski definition) is 0. The molecule has 2 atom stereocenters. The van der Waals surface area contributed by atoms with Crippen LogP contribution in [0.25, 0.3) is 0 Å². The molecule has 0 aromatic heterocycles. The minimum absolute atomic E-state index is 0.0919. The molecular formula is C20H38O3. The van der Waals surface area contributed by atoms with E-state index in [-0.39, 0.29) is 18.2 Å². The number of ether oxygens (including phenoxy) is 2. The van der Waals surface area contributed by atoms with Crippen molar-refractivity contribution >= 4 is 5.97 Å². The largest absolute Gasteiger partial charge is 0.459 e. The van der Waals surface area contributed by atoms with Crippen molar-refractivity contribution in [1.29, 1.82) is 0 Å². The Bertz CT molecular complexity index is 378. The van der Waals surface area contributed by atoms with Gasteiger partial charge in [-0.25, -0.2) is 0 Å². The third-order valence-corrected chi connectivity index (χ3v) is 5.61. The summed E-state index contributed by atoms with van der Waals surface area (Å²) in [5, 5.41) is 0. The van der Waals surface area contributed by atoms with E-state index in [0.717, 1.165) is 19.3 Å². The SMILES string of the molecule is CCC(C)(C)C(=O)OC(C1CCCC1)C(C)(C)OC(C)C(C)C. The maximum Gasteiger partial charge on any atom is 0.311 e. The monoisotopic (exact) mass is 326 g/mol. The average molecular weight is 327 g/mol. The number of carbonyl (C=O) groups is 1. The van der Waals surface area contributed by atoms with Gasteiger partial charge in [-0.05, 0) is 65.7 Å². The summed E-state index contributed by atoms with van der Waals surface area (Å²) in [6, 6.07) is 0. The highest BCUT2D eigenvalue weighted by Crippen LogP contribution is 2.38. The third kappa shape index (κ3) is 5.48. The Hall–Kier alpha value is -0.570. The number of carbonyl (C=O) groups excluding carboxylic acids is 1. The molecule has 0 spiro atoms. The van der Waals surface area contributed by atoms with Gasteiger partial charge in [-0.3, -0.25) is 4.79 Å². The molecule has 0 N–H and O–H groups in total. The van der Waals surface area contributed by atoms with Gasteiger partial charge in [-0.1, -0.05) is 33.6 Å². The van der Waals surface area contributed by atoms with Crippen molar-refractivity contribution < 1.29 is 14.3 Å². The first-order valence-electron chi connectivity index (χ1n) is 9.40.